The van der Waals surface area contributed by atoms with Crippen molar-refractivity contribution in [2.24, 2.45) is 0 Å². The average molecular weight is 663 g/mol. The van der Waals surface area contributed by atoms with E-state index < -0.39 is 0 Å². The minimum atomic E-state index is -0.214. The lowest BCUT2D eigenvalue weighted by atomic mass is 9.99. The Kier molecular flexibility index (Phi) is 10.5. The molecule has 3 aliphatic rings. The molecule has 0 unspecified atom stereocenters. The maximum absolute atomic E-state index is 14.0. The second kappa shape index (κ2) is 15.5. The number of likely N-dealkylation sites (tertiary alicyclic amines) is 2. The van der Waals surface area contributed by atoms with Gasteiger partial charge in [-0.3, -0.25) is 14.5 Å². The molecule has 2 saturated heterocycles. The van der Waals surface area contributed by atoms with Gasteiger partial charge in [-0.15, -0.1) is 11.3 Å². The van der Waals surface area contributed by atoms with E-state index in [2.05, 4.69) is 26.6 Å². The highest BCUT2D eigenvalue weighted by atomic mass is 32.1. The third-order valence-corrected chi connectivity index (χ3v) is 11.1. The molecule has 7 nitrogen and oxygen atoms in total. The van der Waals surface area contributed by atoms with E-state index in [9.17, 15) is 9.59 Å². The number of nitrogens with one attached hydrogen (secondary N) is 1. The Morgan fingerprint density at radius 3 is 2.42 bits per heavy atom. The molecule has 7 rings (SSSR count). The van der Waals surface area contributed by atoms with E-state index in [1.807, 2.05) is 77.7 Å². The maximum atomic E-state index is 14.0. The fraction of sp³-hybridized carbons (Fsp3) is 0.400. The number of ether oxygens (including phenoxy) is 1. The number of anilines is 2. The fourth-order valence-corrected chi connectivity index (χ4v) is 8.42. The van der Waals surface area contributed by atoms with Gasteiger partial charge in [0, 0.05) is 35.1 Å². The van der Waals surface area contributed by atoms with E-state index in [4.69, 9.17) is 4.74 Å². The number of amides is 2. The van der Waals surface area contributed by atoms with E-state index in [0.29, 0.717) is 41.8 Å². The molecule has 0 saturated carbocycles. The van der Waals surface area contributed by atoms with Crippen molar-refractivity contribution in [3.05, 3.63) is 100 Å². The number of thiophene rings is 1. The SMILES string of the molecule is O=C(Nc1ccc(C(=O)N2CCCCc3sccc32)cc1OCCN1CCC(N2CCCCC2)CC1)c1ccccc1-c1ccccc1. The van der Waals surface area contributed by atoms with Crippen LogP contribution in [0.25, 0.3) is 11.1 Å². The van der Waals surface area contributed by atoms with Gasteiger partial charge < -0.3 is 19.9 Å². The summed E-state index contributed by atoms with van der Waals surface area (Å²) in [4.78, 5) is 36.2. The normalized spacial score (nSPS) is 17.8. The molecule has 4 heterocycles. The second-order valence-corrected chi connectivity index (χ2v) is 14.2. The summed E-state index contributed by atoms with van der Waals surface area (Å²) >= 11 is 1.72. The zero-order chi connectivity index (χ0) is 32.7. The quantitative estimate of drug-likeness (QED) is 0.197. The standard InChI is InChI=1S/C40H46N4O3S/c45-39(34-14-6-5-13-33(34)30-11-3-1-4-12-30)41-35-17-16-31(40(46)44-23-10-7-15-38-36(44)20-28-48-38)29-37(35)47-27-26-42-24-18-32(19-25-42)43-21-8-2-9-22-43/h1,3-6,11-14,16-17,20,28-29,32H,2,7-10,15,18-19,21-27H2,(H,41,45). The summed E-state index contributed by atoms with van der Waals surface area (Å²) in [5.41, 5.74) is 4.58. The molecule has 1 aromatic heterocycles. The van der Waals surface area contributed by atoms with Crippen molar-refractivity contribution in [2.45, 2.75) is 57.4 Å². The van der Waals surface area contributed by atoms with Crippen molar-refractivity contribution in [3.8, 4) is 16.9 Å². The second-order valence-electron chi connectivity index (χ2n) is 13.2. The van der Waals surface area contributed by atoms with Crippen LogP contribution < -0.4 is 15.0 Å². The molecule has 48 heavy (non-hydrogen) atoms. The lowest BCUT2D eigenvalue weighted by molar-refractivity contribution is 0.0858. The van der Waals surface area contributed by atoms with Crippen LogP contribution in [0.4, 0.5) is 11.4 Å². The Labute approximate surface area is 288 Å². The molecule has 2 amide bonds. The van der Waals surface area contributed by atoms with Crippen LogP contribution in [0.3, 0.4) is 0 Å². The van der Waals surface area contributed by atoms with Crippen LogP contribution in [0.5, 0.6) is 5.75 Å². The molecule has 250 valence electrons. The van der Waals surface area contributed by atoms with Gasteiger partial charge in [0.25, 0.3) is 11.8 Å². The highest BCUT2D eigenvalue weighted by Gasteiger charge is 2.27. The Morgan fingerprint density at radius 1 is 0.812 bits per heavy atom. The third kappa shape index (κ3) is 7.51. The van der Waals surface area contributed by atoms with Gasteiger partial charge in [-0.2, -0.15) is 0 Å². The van der Waals surface area contributed by atoms with Crippen molar-refractivity contribution in [1.29, 1.82) is 0 Å². The molecular formula is C40H46N4O3S. The van der Waals surface area contributed by atoms with Crippen molar-refractivity contribution in [3.63, 3.8) is 0 Å². The number of aryl methyl sites for hydroxylation is 1. The number of hydrogen-bond acceptors (Lipinski definition) is 6. The molecule has 0 radical (unpaired) electrons. The molecule has 4 aromatic rings. The first kappa shape index (κ1) is 32.6. The van der Waals surface area contributed by atoms with Crippen LogP contribution in [-0.4, -0.2) is 73.5 Å². The van der Waals surface area contributed by atoms with E-state index in [1.54, 1.807) is 11.3 Å². The number of hydrogen-bond donors (Lipinski definition) is 1. The number of nitrogens with zero attached hydrogens (tertiary/aromatic N) is 3. The molecule has 3 aromatic carbocycles. The lowest BCUT2D eigenvalue weighted by Crippen LogP contribution is -2.47. The minimum absolute atomic E-state index is 0.0338. The van der Waals surface area contributed by atoms with Crippen LogP contribution in [0.1, 0.15) is 70.5 Å². The zero-order valence-electron chi connectivity index (χ0n) is 27.7. The van der Waals surface area contributed by atoms with Crippen LogP contribution in [0.15, 0.2) is 84.2 Å². The van der Waals surface area contributed by atoms with Crippen LogP contribution in [-0.2, 0) is 6.42 Å². The average Bonchev–Trinajstić information content (AvgIpc) is 3.51. The Morgan fingerprint density at radius 2 is 1.58 bits per heavy atom. The molecule has 0 aliphatic carbocycles. The van der Waals surface area contributed by atoms with Crippen molar-refractivity contribution in [2.75, 3.05) is 56.1 Å². The molecule has 0 bridgehead atoms. The smallest absolute Gasteiger partial charge is 0.258 e. The summed E-state index contributed by atoms with van der Waals surface area (Å²) < 4.78 is 6.46. The summed E-state index contributed by atoms with van der Waals surface area (Å²) in [6, 6.07) is 25.8. The summed E-state index contributed by atoms with van der Waals surface area (Å²) in [7, 11) is 0. The van der Waals surface area contributed by atoms with E-state index in [-0.39, 0.29) is 11.8 Å². The van der Waals surface area contributed by atoms with Gasteiger partial charge in [0.2, 0.25) is 0 Å². The Balaban J connectivity index is 1.09. The number of fused-ring (bicyclic) bond motifs is 1. The highest BCUT2D eigenvalue weighted by molar-refractivity contribution is 7.10. The first-order valence-corrected chi connectivity index (χ1v) is 18.6. The van der Waals surface area contributed by atoms with Gasteiger partial charge in [0.1, 0.15) is 12.4 Å². The first-order valence-electron chi connectivity index (χ1n) is 17.7. The highest BCUT2D eigenvalue weighted by Crippen LogP contribution is 2.34. The fourth-order valence-electron chi connectivity index (χ4n) is 7.50. The van der Waals surface area contributed by atoms with Gasteiger partial charge in [-0.25, -0.2) is 0 Å². The maximum Gasteiger partial charge on any atom is 0.258 e. The molecule has 2 fully saturated rings. The summed E-state index contributed by atoms with van der Waals surface area (Å²) in [5, 5.41) is 5.20. The van der Waals surface area contributed by atoms with E-state index in [1.165, 1.54) is 50.1 Å². The van der Waals surface area contributed by atoms with Gasteiger partial charge in [-0.1, -0.05) is 55.0 Å². The van der Waals surface area contributed by atoms with Crippen molar-refractivity contribution < 1.29 is 14.3 Å². The molecule has 1 N–H and O–H groups in total. The number of benzene rings is 3. The molecule has 8 heteroatoms. The monoisotopic (exact) mass is 662 g/mol. The summed E-state index contributed by atoms with van der Waals surface area (Å²) in [6.45, 7) is 6.62. The largest absolute Gasteiger partial charge is 0.490 e. The van der Waals surface area contributed by atoms with Crippen molar-refractivity contribution in [1.82, 2.24) is 9.80 Å². The van der Waals surface area contributed by atoms with Gasteiger partial charge in [-0.05, 0) is 118 Å². The van der Waals surface area contributed by atoms with Gasteiger partial charge >= 0.3 is 0 Å². The topological polar surface area (TPSA) is 65.1 Å². The van der Waals surface area contributed by atoms with Gasteiger partial charge in [0.15, 0.2) is 0 Å². The molecule has 0 spiro atoms. The third-order valence-electron chi connectivity index (χ3n) is 10.2. The Hall–Kier alpha value is -3.98. The molecular weight excluding hydrogens is 617 g/mol. The zero-order valence-corrected chi connectivity index (χ0v) is 28.6. The van der Waals surface area contributed by atoms with Crippen LogP contribution in [0, 0.1) is 0 Å². The lowest BCUT2D eigenvalue weighted by Gasteiger charge is -2.40. The van der Waals surface area contributed by atoms with Crippen LogP contribution >= 0.6 is 11.3 Å². The molecule has 0 atom stereocenters. The number of carbonyl (C=O) groups is 2. The number of rotatable bonds is 9. The van der Waals surface area contributed by atoms with Crippen LogP contribution in [0.2, 0.25) is 0 Å². The molecule has 3 aliphatic heterocycles. The summed E-state index contributed by atoms with van der Waals surface area (Å²) in [6.07, 6.45) is 9.50. The first-order chi connectivity index (χ1) is 23.6. The van der Waals surface area contributed by atoms with Crippen molar-refractivity contribution >= 4 is 34.5 Å². The number of piperidine rings is 2. The number of carbonyl (C=O) groups excluding carboxylic acids is 2. The van der Waals surface area contributed by atoms with Gasteiger partial charge in [0.05, 0.1) is 11.4 Å². The van der Waals surface area contributed by atoms with E-state index >= 15 is 0 Å². The minimum Gasteiger partial charge on any atom is -0.490 e. The Bertz CT molecular complexity index is 1690. The predicted octanol–water partition coefficient (Wildman–Crippen LogP) is 7.98. The summed E-state index contributed by atoms with van der Waals surface area (Å²) in [5.74, 6) is 0.275. The predicted molar refractivity (Wildman–Crippen MR) is 196 cm³/mol. The van der Waals surface area contributed by atoms with E-state index in [0.717, 1.165) is 55.7 Å².